The van der Waals surface area contributed by atoms with Crippen LogP contribution in [0.2, 0.25) is 0 Å². The van der Waals surface area contributed by atoms with E-state index < -0.39 is 5.82 Å². The zero-order valence-corrected chi connectivity index (χ0v) is 6.92. The van der Waals surface area contributed by atoms with Crippen molar-refractivity contribution in [2.45, 2.75) is 0 Å². The second kappa shape index (κ2) is 3.77. The lowest BCUT2D eigenvalue weighted by Gasteiger charge is -2.03. The first-order chi connectivity index (χ1) is 6.13. The van der Waals surface area contributed by atoms with Crippen LogP contribution in [0.3, 0.4) is 0 Å². The van der Waals surface area contributed by atoms with E-state index in [9.17, 15) is 4.39 Å². The molecule has 0 spiro atoms. The van der Waals surface area contributed by atoms with Crippen LogP contribution in [0, 0.1) is 5.82 Å². The van der Waals surface area contributed by atoms with Crippen LogP contribution < -0.4 is 22.7 Å². The Balaban J connectivity index is 3.08. The Labute approximate surface area is 75.2 Å². The monoisotopic (exact) mass is 182 g/mol. The highest BCUT2D eigenvalue weighted by Crippen LogP contribution is 2.14. The van der Waals surface area contributed by atoms with E-state index in [1.807, 2.05) is 0 Å². The molecule has 0 atom stereocenters. The molecular formula is C8H11FN4. The molecule has 13 heavy (non-hydrogen) atoms. The van der Waals surface area contributed by atoms with Gasteiger partial charge in [-0.05, 0) is 18.2 Å². The van der Waals surface area contributed by atoms with Gasteiger partial charge in [-0.15, -0.1) is 0 Å². The predicted octanol–water partition coefficient (Wildman–Crippen LogP) is 0.128. The summed E-state index contributed by atoms with van der Waals surface area (Å²) in [5.74, 6) is 4.58. The lowest BCUT2D eigenvalue weighted by atomic mass is 10.1. The Hall–Kier alpha value is -1.75. The van der Waals surface area contributed by atoms with E-state index in [4.69, 9.17) is 17.3 Å². The molecule has 5 heteroatoms. The summed E-state index contributed by atoms with van der Waals surface area (Å²) in [6, 6.07) is 4.05. The van der Waals surface area contributed by atoms with Crippen molar-refractivity contribution in [2.24, 2.45) is 11.6 Å². The molecule has 0 aromatic heterocycles. The molecule has 0 radical (unpaired) electrons. The van der Waals surface area contributed by atoms with Gasteiger partial charge in [-0.25, -0.2) is 4.39 Å². The van der Waals surface area contributed by atoms with E-state index >= 15 is 0 Å². The van der Waals surface area contributed by atoms with Crippen LogP contribution >= 0.6 is 0 Å². The molecule has 7 N–H and O–H groups in total. The van der Waals surface area contributed by atoms with Gasteiger partial charge in [-0.3, -0.25) is 5.84 Å². The number of halogens is 1. The van der Waals surface area contributed by atoms with Crippen LogP contribution in [0.4, 0.5) is 10.1 Å². The lowest BCUT2D eigenvalue weighted by molar-refractivity contribution is 0.628. The number of benzene rings is 1. The molecule has 0 aliphatic rings. The molecular weight excluding hydrogens is 171 g/mol. The summed E-state index contributed by atoms with van der Waals surface area (Å²) in [4.78, 5) is 0. The van der Waals surface area contributed by atoms with Gasteiger partial charge in [0.1, 0.15) is 5.82 Å². The molecule has 0 aliphatic carbocycles. The number of rotatable bonds is 2. The largest absolute Gasteiger partial charge is 0.399 e. The van der Waals surface area contributed by atoms with Crippen molar-refractivity contribution in [3.8, 4) is 0 Å². The summed E-state index contributed by atoms with van der Waals surface area (Å²) in [6.07, 6.45) is 1.36. The summed E-state index contributed by atoms with van der Waals surface area (Å²) in [7, 11) is 0. The van der Waals surface area contributed by atoms with Crippen LogP contribution in [0.5, 0.6) is 0 Å². The number of anilines is 1. The van der Waals surface area contributed by atoms with Crippen molar-refractivity contribution in [3.05, 3.63) is 35.8 Å². The first-order valence-corrected chi connectivity index (χ1v) is 3.61. The number of nitrogens with one attached hydrogen (secondary N) is 1. The molecule has 0 aliphatic heterocycles. The first kappa shape index (κ1) is 9.34. The fourth-order valence-electron chi connectivity index (χ4n) is 0.952. The van der Waals surface area contributed by atoms with Crippen LogP contribution in [-0.2, 0) is 0 Å². The average molecular weight is 182 g/mol. The third-order valence-electron chi connectivity index (χ3n) is 1.49. The Morgan fingerprint density at radius 2 is 2.08 bits per heavy atom. The molecule has 70 valence electrons. The maximum atomic E-state index is 12.8. The number of nitrogens with two attached hydrogens (primary N) is 3. The molecule has 1 aromatic carbocycles. The van der Waals surface area contributed by atoms with Gasteiger partial charge < -0.3 is 16.9 Å². The molecule has 0 amide bonds. The maximum absolute atomic E-state index is 12.8. The van der Waals surface area contributed by atoms with E-state index in [-0.39, 0.29) is 0 Å². The van der Waals surface area contributed by atoms with Gasteiger partial charge in [-0.1, -0.05) is 0 Å². The van der Waals surface area contributed by atoms with Crippen molar-refractivity contribution >= 4 is 11.4 Å². The minimum absolute atomic E-state index is 0.323. The van der Waals surface area contributed by atoms with E-state index in [1.165, 1.54) is 18.3 Å². The van der Waals surface area contributed by atoms with Gasteiger partial charge in [-0.2, -0.15) is 0 Å². The average Bonchev–Trinajstić information content (AvgIpc) is 2.03. The molecule has 0 fully saturated rings. The minimum Gasteiger partial charge on any atom is -0.399 e. The maximum Gasteiger partial charge on any atom is 0.125 e. The highest BCUT2D eigenvalue weighted by atomic mass is 19.1. The summed E-state index contributed by atoms with van der Waals surface area (Å²) in [5, 5.41) is 0. The fourth-order valence-corrected chi connectivity index (χ4v) is 0.952. The second-order valence-electron chi connectivity index (χ2n) is 2.54. The quantitative estimate of drug-likeness (QED) is 0.297. The van der Waals surface area contributed by atoms with Gasteiger partial charge in [0.05, 0.1) is 5.70 Å². The van der Waals surface area contributed by atoms with Crippen molar-refractivity contribution < 1.29 is 4.39 Å². The Morgan fingerprint density at radius 1 is 1.38 bits per heavy atom. The number of hydrogen-bond acceptors (Lipinski definition) is 4. The van der Waals surface area contributed by atoms with E-state index in [1.54, 1.807) is 6.07 Å². The van der Waals surface area contributed by atoms with Gasteiger partial charge >= 0.3 is 0 Å². The van der Waals surface area contributed by atoms with Crippen molar-refractivity contribution in [1.82, 2.24) is 5.43 Å². The van der Waals surface area contributed by atoms with Crippen molar-refractivity contribution in [2.75, 3.05) is 5.73 Å². The third-order valence-corrected chi connectivity index (χ3v) is 1.49. The molecule has 4 nitrogen and oxygen atoms in total. The lowest BCUT2D eigenvalue weighted by Crippen LogP contribution is -2.16. The van der Waals surface area contributed by atoms with Crippen LogP contribution in [0.1, 0.15) is 5.56 Å². The minimum atomic E-state index is -0.427. The Morgan fingerprint density at radius 3 is 2.62 bits per heavy atom. The SMILES string of the molecule is NN/C=C(\N)c1cc(N)cc(F)c1. The molecule has 0 saturated heterocycles. The molecule has 1 aromatic rings. The van der Waals surface area contributed by atoms with Crippen LogP contribution in [0.15, 0.2) is 24.4 Å². The second-order valence-corrected chi connectivity index (χ2v) is 2.54. The van der Waals surface area contributed by atoms with Crippen molar-refractivity contribution in [1.29, 1.82) is 0 Å². The molecule has 0 saturated carbocycles. The van der Waals surface area contributed by atoms with Crippen LogP contribution in [0.25, 0.3) is 5.70 Å². The number of hydrazine groups is 1. The summed E-state index contributed by atoms with van der Waals surface area (Å²) >= 11 is 0. The van der Waals surface area contributed by atoms with Gasteiger partial charge in [0.15, 0.2) is 0 Å². The van der Waals surface area contributed by atoms with Gasteiger partial charge in [0.2, 0.25) is 0 Å². The highest BCUT2D eigenvalue weighted by Gasteiger charge is 2.00. The number of nitrogen functional groups attached to an aromatic ring is 1. The Kier molecular flexibility index (Phi) is 2.71. The third kappa shape index (κ3) is 2.34. The molecule has 0 heterocycles. The summed E-state index contributed by atoms with van der Waals surface area (Å²) in [5.41, 5.74) is 14.4. The van der Waals surface area contributed by atoms with Gasteiger partial charge in [0, 0.05) is 17.5 Å². The van der Waals surface area contributed by atoms with E-state index in [2.05, 4.69) is 5.43 Å². The summed E-state index contributed by atoms with van der Waals surface area (Å²) < 4.78 is 12.8. The first-order valence-electron chi connectivity index (χ1n) is 3.61. The zero-order chi connectivity index (χ0) is 9.84. The predicted molar refractivity (Wildman–Crippen MR) is 50.3 cm³/mol. The fraction of sp³-hybridized carbons (Fsp3) is 0. The molecule has 0 unspecified atom stereocenters. The van der Waals surface area contributed by atoms with E-state index in [0.717, 1.165) is 0 Å². The van der Waals surface area contributed by atoms with Crippen LogP contribution in [-0.4, -0.2) is 0 Å². The standard InChI is InChI=1S/C8H11FN4/c9-6-1-5(2-7(10)3-6)8(11)4-13-12/h1-4,13H,10-12H2/b8-4-. The summed E-state index contributed by atoms with van der Waals surface area (Å²) in [6.45, 7) is 0. The normalized spacial score (nSPS) is 11.4. The smallest absolute Gasteiger partial charge is 0.125 e. The van der Waals surface area contributed by atoms with Gasteiger partial charge in [0.25, 0.3) is 0 Å². The van der Waals surface area contributed by atoms with E-state index in [0.29, 0.717) is 16.9 Å². The number of hydrogen-bond donors (Lipinski definition) is 4. The van der Waals surface area contributed by atoms with Crippen molar-refractivity contribution in [3.63, 3.8) is 0 Å². The molecule has 1 rings (SSSR count). The Bertz CT molecular complexity index is 315. The highest BCUT2D eigenvalue weighted by molar-refractivity contribution is 5.65. The topological polar surface area (TPSA) is 90.1 Å². The zero-order valence-electron chi connectivity index (χ0n) is 6.92. The molecule has 0 bridgehead atoms.